The Labute approximate surface area is 143 Å². The van der Waals surface area contributed by atoms with Crippen LogP contribution in [0.3, 0.4) is 0 Å². The smallest absolute Gasteiger partial charge is 0.272 e. The van der Waals surface area contributed by atoms with E-state index in [4.69, 9.17) is 0 Å². The minimum atomic E-state index is -0.974. The molecule has 1 saturated heterocycles. The first-order valence-electron chi connectivity index (χ1n) is 7.96. The molecule has 0 bridgehead atoms. The number of hydrogen-bond donors (Lipinski definition) is 1. The zero-order chi connectivity index (χ0) is 17.8. The Hall–Kier alpha value is -2.83. The fourth-order valence-electron chi connectivity index (χ4n) is 2.83. The minimum absolute atomic E-state index is 0.0398. The van der Waals surface area contributed by atoms with Crippen LogP contribution in [-0.4, -0.2) is 40.8 Å². The van der Waals surface area contributed by atoms with Crippen LogP contribution >= 0.6 is 0 Å². The van der Waals surface area contributed by atoms with Crippen molar-refractivity contribution in [3.63, 3.8) is 0 Å². The van der Waals surface area contributed by atoms with Crippen molar-refractivity contribution in [1.82, 2.24) is 15.2 Å². The largest absolute Gasteiger partial charge is 0.351 e. The number of likely N-dealkylation sites (tertiary alicyclic amines) is 1. The summed E-state index contributed by atoms with van der Waals surface area (Å²) < 4.78 is 26.1. The Balaban J connectivity index is 1.53. The summed E-state index contributed by atoms with van der Waals surface area (Å²) in [5, 5.41) is 2.83. The molecule has 5 nitrogen and oxygen atoms in total. The molecule has 1 N–H and O–H groups in total. The number of aromatic nitrogens is 1. The number of benzene rings is 1. The van der Waals surface area contributed by atoms with Crippen LogP contribution < -0.4 is 5.32 Å². The SMILES string of the molecule is O=C(Cc1ccc(F)c(F)c1)N[C@H]1CCN(C(=O)c2ccccn2)C1. The van der Waals surface area contributed by atoms with E-state index in [0.717, 1.165) is 12.1 Å². The first-order chi connectivity index (χ1) is 12.0. The van der Waals surface area contributed by atoms with Crippen LogP contribution in [0.5, 0.6) is 0 Å². The highest BCUT2D eigenvalue weighted by molar-refractivity contribution is 5.92. The molecule has 0 unspecified atom stereocenters. The molecule has 1 aromatic carbocycles. The second kappa shape index (κ2) is 7.38. The van der Waals surface area contributed by atoms with Gasteiger partial charge in [-0.05, 0) is 36.2 Å². The van der Waals surface area contributed by atoms with Crippen molar-refractivity contribution in [3.05, 3.63) is 65.5 Å². The quantitative estimate of drug-likeness (QED) is 0.921. The topological polar surface area (TPSA) is 62.3 Å². The van der Waals surface area contributed by atoms with Crippen molar-refractivity contribution in [3.8, 4) is 0 Å². The summed E-state index contributed by atoms with van der Waals surface area (Å²) in [5.74, 6) is -2.37. The van der Waals surface area contributed by atoms with Gasteiger partial charge in [0.25, 0.3) is 5.91 Å². The van der Waals surface area contributed by atoms with Crippen LogP contribution in [0.2, 0.25) is 0 Å². The van der Waals surface area contributed by atoms with Crippen molar-refractivity contribution < 1.29 is 18.4 Å². The van der Waals surface area contributed by atoms with Gasteiger partial charge < -0.3 is 10.2 Å². The van der Waals surface area contributed by atoms with Gasteiger partial charge in [-0.1, -0.05) is 12.1 Å². The lowest BCUT2D eigenvalue weighted by atomic mass is 10.1. The summed E-state index contributed by atoms with van der Waals surface area (Å²) in [6.45, 7) is 0.935. The van der Waals surface area contributed by atoms with Gasteiger partial charge in [0.05, 0.1) is 6.42 Å². The molecule has 0 radical (unpaired) electrons. The van der Waals surface area contributed by atoms with Crippen molar-refractivity contribution in [2.75, 3.05) is 13.1 Å². The monoisotopic (exact) mass is 345 g/mol. The van der Waals surface area contributed by atoms with Crippen LogP contribution in [0.15, 0.2) is 42.6 Å². The third-order valence-electron chi connectivity index (χ3n) is 4.07. The van der Waals surface area contributed by atoms with Crippen LogP contribution in [-0.2, 0) is 11.2 Å². The third-order valence-corrected chi connectivity index (χ3v) is 4.07. The molecular formula is C18H17F2N3O2. The molecule has 7 heteroatoms. The summed E-state index contributed by atoms with van der Waals surface area (Å²) in [5.41, 5.74) is 0.770. The minimum Gasteiger partial charge on any atom is -0.351 e. The number of rotatable bonds is 4. The van der Waals surface area contributed by atoms with Gasteiger partial charge in [-0.25, -0.2) is 8.78 Å². The highest BCUT2D eigenvalue weighted by Gasteiger charge is 2.28. The lowest BCUT2D eigenvalue weighted by Gasteiger charge is -2.16. The van der Waals surface area contributed by atoms with Crippen molar-refractivity contribution in [1.29, 1.82) is 0 Å². The number of pyridine rings is 1. The molecule has 2 heterocycles. The number of carbonyl (C=O) groups is 2. The standard InChI is InChI=1S/C18H17F2N3O2/c19-14-5-4-12(9-15(14)20)10-17(24)22-13-6-8-23(11-13)18(25)16-3-1-2-7-21-16/h1-5,7,9,13H,6,8,10-11H2,(H,22,24)/t13-/m0/s1. The average molecular weight is 345 g/mol. The van der Waals surface area contributed by atoms with Crippen LogP contribution in [0, 0.1) is 11.6 Å². The van der Waals surface area contributed by atoms with E-state index in [1.165, 1.54) is 6.07 Å². The van der Waals surface area contributed by atoms with Crippen LogP contribution in [0.25, 0.3) is 0 Å². The van der Waals surface area contributed by atoms with Crippen molar-refractivity contribution >= 4 is 11.8 Å². The summed E-state index contributed by atoms with van der Waals surface area (Å²) in [6.07, 6.45) is 2.16. The van der Waals surface area contributed by atoms with Gasteiger partial charge in [-0.15, -0.1) is 0 Å². The molecule has 1 aromatic heterocycles. The molecule has 1 fully saturated rings. The molecule has 130 valence electrons. The van der Waals surface area contributed by atoms with E-state index in [2.05, 4.69) is 10.3 Å². The van der Waals surface area contributed by atoms with E-state index in [1.54, 1.807) is 29.3 Å². The second-order valence-electron chi connectivity index (χ2n) is 5.94. The van der Waals surface area contributed by atoms with Gasteiger partial charge in [0.15, 0.2) is 11.6 Å². The number of amides is 2. The maximum absolute atomic E-state index is 13.2. The first kappa shape index (κ1) is 17.0. The molecular weight excluding hydrogens is 328 g/mol. The van der Waals surface area contributed by atoms with E-state index >= 15 is 0 Å². The normalized spacial score (nSPS) is 16.7. The number of hydrogen-bond acceptors (Lipinski definition) is 3. The number of nitrogens with one attached hydrogen (secondary N) is 1. The lowest BCUT2D eigenvalue weighted by molar-refractivity contribution is -0.121. The van der Waals surface area contributed by atoms with Crippen molar-refractivity contribution in [2.24, 2.45) is 0 Å². The van der Waals surface area contributed by atoms with E-state index in [0.29, 0.717) is 30.8 Å². The predicted octanol–water partition coefficient (Wildman–Crippen LogP) is 1.93. The molecule has 25 heavy (non-hydrogen) atoms. The fraction of sp³-hybridized carbons (Fsp3) is 0.278. The summed E-state index contributed by atoms with van der Waals surface area (Å²) >= 11 is 0. The summed E-state index contributed by atoms with van der Waals surface area (Å²) in [6, 6.07) is 8.37. The molecule has 1 aliphatic rings. The van der Waals surface area contributed by atoms with E-state index in [9.17, 15) is 18.4 Å². The first-order valence-corrected chi connectivity index (χ1v) is 7.96. The Morgan fingerprint density at radius 2 is 2.04 bits per heavy atom. The summed E-state index contributed by atoms with van der Waals surface area (Å²) in [4.78, 5) is 30.1. The molecule has 3 rings (SSSR count). The maximum atomic E-state index is 13.2. The zero-order valence-corrected chi connectivity index (χ0v) is 13.4. The third kappa shape index (κ3) is 4.17. The molecule has 0 saturated carbocycles. The van der Waals surface area contributed by atoms with E-state index < -0.39 is 11.6 Å². The Morgan fingerprint density at radius 3 is 2.76 bits per heavy atom. The number of halogens is 2. The van der Waals surface area contributed by atoms with Gasteiger partial charge in [0.2, 0.25) is 5.91 Å². The van der Waals surface area contributed by atoms with E-state index in [-0.39, 0.29) is 24.3 Å². The van der Waals surface area contributed by atoms with Gasteiger partial charge in [-0.2, -0.15) is 0 Å². The predicted molar refractivity (Wildman–Crippen MR) is 86.8 cm³/mol. The molecule has 0 aliphatic carbocycles. The molecule has 1 atom stereocenters. The van der Waals surface area contributed by atoms with Gasteiger partial charge in [0.1, 0.15) is 5.69 Å². The second-order valence-corrected chi connectivity index (χ2v) is 5.94. The highest BCUT2D eigenvalue weighted by atomic mass is 19.2. The summed E-state index contributed by atoms with van der Waals surface area (Å²) in [7, 11) is 0. The van der Waals surface area contributed by atoms with Crippen molar-refractivity contribution in [2.45, 2.75) is 18.9 Å². The van der Waals surface area contributed by atoms with Crippen LogP contribution in [0.1, 0.15) is 22.5 Å². The fourth-order valence-corrected chi connectivity index (χ4v) is 2.83. The molecule has 2 aromatic rings. The Morgan fingerprint density at radius 1 is 1.20 bits per heavy atom. The van der Waals surface area contributed by atoms with Crippen LogP contribution in [0.4, 0.5) is 8.78 Å². The molecule has 2 amide bonds. The molecule has 0 spiro atoms. The van der Waals surface area contributed by atoms with Gasteiger partial charge in [-0.3, -0.25) is 14.6 Å². The lowest BCUT2D eigenvalue weighted by Crippen LogP contribution is -2.39. The van der Waals surface area contributed by atoms with E-state index in [1.807, 2.05) is 0 Å². The average Bonchev–Trinajstić information content (AvgIpc) is 3.06. The van der Waals surface area contributed by atoms with Gasteiger partial charge >= 0.3 is 0 Å². The Bertz CT molecular complexity index is 783. The highest BCUT2D eigenvalue weighted by Crippen LogP contribution is 2.13. The zero-order valence-electron chi connectivity index (χ0n) is 13.4. The molecule has 1 aliphatic heterocycles. The maximum Gasteiger partial charge on any atom is 0.272 e. The number of carbonyl (C=O) groups excluding carboxylic acids is 2. The van der Waals surface area contributed by atoms with Gasteiger partial charge in [0, 0.05) is 25.3 Å². The number of nitrogens with zero attached hydrogens (tertiary/aromatic N) is 2. The Kier molecular flexibility index (Phi) is 5.02.